The Balaban J connectivity index is 2.51. The topological polar surface area (TPSA) is 78.5 Å². The van der Waals surface area contributed by atoms with Gasteiger partial charge >= 0.3 is 6.03 Å². The molecule has 0 unspecified atom stereocenters. The average Bonchev–Trinajstić information content (AvgIpc) is 2.50. The molecule has 12 heavy (non-hydrogen) atoms. The van der Waals surface area contributed by atoms with Gasteiger partial charge in [-0.2, -0.15) is 4.99 Å². The molecular weight excluding hydrogens is 158 g/mol. The summed E-state index contributed by atoms with van der Waals surface area (Å²) in [4.78, 5) is 26.0. The van der Waals surface area contributed by atoms with E-state index in [-0.39, 0.29) is 0 Å². The minimum atomic E-state index is -0.455. The Labute approximate surface area is 67.8 Å². The Bertz CT molecular complexity index is 362. The smallest absolute Gasteiger partial charge is 0.289 e. The van der Waals surface area contributed by atoms with Gasteiger partial charge in [-0.15, -0.1) is 0 Å². The van der Waals surface area contributed by atoms with E-state index >= 15 is 0 Å². The normalized spacial score (nSPS) is 23.4. The van der Waals surface area contributed by atoms with Gasteiger partial charge in [-0.3, -0.25) is 10.3 Å². The van der Waals surface area contributed by atoms with Crippen LogP contribution in [-0.4, -0.2) is 36.8 Å². The van der Waals surface area contributed by atoms with E-state index in [2.05, 4.69) is 25.3 Å². The molecule has 2 rings (SSSR count). The van der Waals surface area contributed by atoms with Gasteiger partial charge in [0.25, 0.3) is 0 Å². The highest BCUT2D eigenvalue weighted by Gasteiger charge is 2.25. The predicted octanol–water partition coefficient (Wildman–Crippen LogP) is -0.381. The Morgan fingerprint density at radius 1 is 1.58 bits per heavy atom. The van der Waals surface area contributed by atoms with Gasteiger partial charge in [-0.05, 0) is 0 Å². The number of hydrogen-bond acceptors (Lipinski definition) is 4. The standard InChI is InChI=1S/C6H5N5O/c1-7-4-3-5(9-2-8-3)11-6(12)10-4/h2H,1H3,(H,7,10,12). The van der Waals surface area contributed by atoms with Crippen molar-refractivity contribution in [2.75, 3.05) is 7.05 Å². The highest BCUT2D eigenvalue weighted by molar-refractivity contribution is 6.72. The first-order valence-corrected chi connectivity index (χ1v) is 3.29. The highest BCUT2D eigenvalue weighted by Crippen LogP contribution is 2.01. The van der Waals surface area contributed by atoms with Crippen molar-refractivity contribution in [3.63, 3.8) is 0 Å². The van der Waals surface area contributed by atoms with Crippen LogP contribution in [-0.2, 0) is 0 Å². The first-order chi connectivity index (χ1) is 5.81. The van der Waals surface area contributed by atoms with Gasteiger partial charge in [0, 0.05) is 7.05 Å². The first-order valence-electron chi connectivity index (χ1n) is 3.29. The van der Waals surface area contributed by atoms with E-state index in [4.69, 9.17) is 0 Å². The van der Waals surface area contributed by atoms with Crippen LogP contribution in [0.2, 0.25) is 0 Å². The Hall–Kier alpha value is -1.85. The first kappa shape index (κ1) is 6.84. The molecule has 2 amide bonds. The largest absolute Gasteiger partial charge is 0.348 e. The second-order valence-corrected chi connectivity index (χ2v) is 2.16. The molecule has 0 fully saturated rings. The second-order valence-electron chi connectivity index (χ2n) is 2.16. The van der Waals surface area contributed by atoms with Crippen LogP contribution in [0.3, 0.4) is 0 Å². The van der Waals surface area contributed by atoms with E-state index in [1.165, 1.54) is 6.34 Å². The maximum absolute atomic E-state index is 10.9. The predicted molar refractivity (Wildman–Crippen MR) is 45.3 cm³/mol. The summed E-state index contributed by atoms with van der Waals surface area (Å²) in [5, 5.41) is 2.45. The molecule has 0 radical (unpaired) electrons. The minimum Gasteiger partial charge on any atom is -0.289 e. The number of amidine groups is 2. The molecule has 0 saturated heterocycles. The molecule has 0 aromatic rings. The molecule has 1 N–H and O–H groups in total. The number of carbonyl (C=O) groups excluding carboxylic acids is 1. The highest BCUT2D eigenvalue weighted by atomic mass is 16.2. The molecule has 0 atom stereocenters. The van der Waals surface area contributed by atoms with Gasteiger partial charge in [-0.1, -0.05) is 0 Å². The lowest BCUT2D eigenvalue weighted by atomic mass is 10.3. The lowest BCUT2D eigenvalue weighted by Gasteiger charge is -2.09. The molecule has 6 nitrogen and oxygen atoms in total. The van der Waals surface area contributed by atoms with Crippen LogP contribution in [0.4, 0.5) is 4.79 Å². The van der Waals surface area contributed by atoms with E-state index in [0.717, 1.165) is 0 Å². The molecule has 0 aromatic carbocycles. The number of amides is 2. The lowest BCUT2D eigenvalue weighted by molar-refractivity contribution is 0.253. The van der Waals surface area contributed by atoms with E-state index in [1.807, 2.05) is 0 Å². The molecule has 0 aromatic heterocycles. The summed E-state index contributed by atoms with van der Waals surface area (Å²) in [5.41, 5.74) is 0.525. The minimum absolute atomic E-state index is 0.333. The third-order valence-electron chi connectivity index (χ3n) is 1.46. The molecule has 2 aliphatic rings. The molecule has 2 heterocycles. The van der Waals surface area contributed by atoms with Crippen LogP contribution in [0.15, 0.2) is 20.0 Å². The van der Waals surface area contributed by atoms with Crippen LogP contribution in [0.1, 0.15) is 0 Å². The third kappa shape index (κ3) is 0.849. The number of aliphatic imine (C=N–C) groups is 4. The summed E-state index contributed by atoms with van der Waals surface area (Å²) in [5.74, 6) is 0.752. The van der Waals surface area contributed by atoms with Gasteiger partial charge in [0.1, 0.15) is 6.34 Å². The van der Waals surface area contributed by atoms with E-state index < -0.39 is 6.03 Å². The quantitative estimate of drug-likeness (QED) is 0.519. The van der Waals surface area contributed by atoms with Crippen LogP contribution in [0, 0.1) is 0 Å². The SMILES string of the molecule is CN=C1NC(=O)N=C2N=CN=C21. The second kappa shape index (κ2) is 2.33. The van der Waals surface area contributed by atoms with Gasteiger partial charge in [0.05, 0.1) is 0 Å². The van der Waals surface area contributed by atoms with Crippen molar-refractivity contribution in [2.24, 2.45) is 20.0 Å². The van der Waals surface area contributed by atoms with Gasteiger partial charge in [0.2, 0.25) is 0 Å². The molecular formula is C6H5N5O. The Morgan fingerprint density at radius 2 is 2.42 bits per heavy atom. The molecule has 0 bridgehead atoms. The van der Waals surface area contributed by atoms with Crippen LogP contribution < -0.4 is 5.32 Å². The van der Waals surface area contributed by atoms with Crippen molar-refractivity contribution in [2.45, 2.75) is 0 Å². The summed E-state index contributed by atoms with van der Waals surface area (Å²) in [6.07, 6.45) is 1.35. The fraction of sp³-hybridized carbons (Fsp3) is 0.167. The van der Waals surface area contributed by atoms with E-state index in [9.17, 15) is 4.79 Å². The maximum Gasteiger partial charge on any atom is 0.348 e. The van der Waals surface area contributed by atoms with Crippen molar-refractivity contribution >= 4 is 29.8 Å². The zero-order chi connectivity index (χ0) is 8.55. The fourth-order valence-electron chi connectivity index (χ4n) is 0.955. The van der Waals surface area contributed by atoms with Crippen LogP contribution in [0.5, 0.6) is 0 Å². The molecule has 0 saturated carbocycles. The van der Waals surface area contributed by atoms with Crippen molar-refractivity contribution in [1.82, 2.24) is 5.32 Å². The van der Waals surface area contributed by atoms with Gasteiger partial charge in [-0.25, -0.2) is 14.8 Å². The Kier molecular flexibility index (Phi) is 1.33. The van der Waals surface area contributed by atoms with Crippen molar-refractivity contribution < 1.29 is 4.79 Å². The van der Waals surface area contributed by atoms with E-state index in [0.29, 0.717) is 17.4 Å². The Morgan fingerprint density at radius 3 is 3.17 bits per heavy atom. The lowest BCUT2D eigenvalue weighted by Crippen LogP contribution is -2.42. The summed E-state index contributed by atoms with van der Waals surface area (Å²) < 4.78 is 0. The molecule has 6 heteroatoms. The van der Waals surface area contributed by atoms with Crippen LogP contribution >= 0.6 is 0 Å². The van der Waals surface area contributed by atoms with Gasteiger partial charge in [0.15, 0.2) is 17.4 Å². The maximum atomic E-state index is 10.9. The number of hydrogen-bond donors (Lipinski definition) is 1. The van der Waals surface area contributed by atoms with Crippen molar-refractivity contribution in [3.8, 4) is 0 Å². The average molecular weight is 163 g/mol. The third-order valence-corrected chi connectivity index (χ3v) is 1.46. The van der Waals surface area contributed by atoms with Crippen molar-refractivity contribution in [1.29, 1.82) is 0 Å². The monoisotopic (exact) mass is 163 g/mol. The summed E-state index contributed by atoms with van der Waals surface area (Å²) in [6, 6.07) is -0.455. The van der Waals surface area contributed by atoms with E-state index in [1.54, 1.807) is 7.05 Å². The van der Waals surface area contributed by atoms with Gasteiger partial charge < -0.3 is 0 Å². The number of rotatable bonds is 0. The van der Waals surface area contributed by atoms with Crippen molar-refractivity contribution in [3.05, 3.63) is 0 Å². The number of carbonyl (C=O) groups is 1. The number of urea groups is 1. The summed E-state index contributed by atoms with van der Waals surface area (Å²) in [7, 11) is 1.57. The number of nitrogens with one attached hydrogen (secondary N) is 1. The number of nitrogens with zero attached hydrogens (tertiary/aromatic N) is 4. The molecule has 0 spiro atoms. The zero-order valence-corrected chi connectivity index (χ0v) is 6.27. The van der Waals surface area contributed by atoms with Crippen LogP contribution in [0.25, 0.3) is 0 Å². The molecule has 2 aliphatic heterocycles. The molecule has 60 valence electrons. The summed E-state index contributed by atoms with van der Waals surface area (Å²) >= 11 is 0. The summed E-state index contributed by atoms with van der Waals surface area (Å²) in [6.45, 7) is 0. The fourth-order valence-corrected chi connectivity index (χ4v) is 0.955. The number of fused-ring (bicyclic) bond motifs is 1. The zero-order valence-electron chi connectivity index (χ0n) is 6.27. The molecule has 0 aliphatic carbocycles.